The number of aryl methyl sites for hydroxylation is 2. The van der Waals surface area contributed by atoms with Crippen LogP contribution in [0.15, 0.2) is 40.7 Å². The number of thioether (sulfide) groups is 1. The van der Waals surface area contributed by atoms with Crippen LogP contribution >= 0.6 is 23.1 Å². The van der Waals surface area contributed by atoms with Crippen LogP contribution in [-0.4, -0.2) is 21.6 Å². The van der Waals surface area contributed by atoms with Crippen LogP contribution in [0.25, 0.3) is 11.3 Å². The lowest BCUT2D eigenvalue weighted by atomic mass is 10.1. The number of rotatable bonds is 5. The smallest absolute Gasteiger partial charge is 0.325 e. The minimum atomic E-state index is -4.68. The van der Waals surface area contributed by atoms with Gasteiger partial charge in [0.1, 0.15) is 11.1 Å². The lowest BCUT2D eigenvalue weighted by Crippen LogP contribution is -2.15. The average Bonchev–Trinajstić information content (AvgIpc) is 3.12. The quantitative estimate of drug-likeness (QED) is 0.526. The van der Waals surface area contributed by atoms with Gasteiger partial charge < -0.3 is 5.32 Å². The molecular formula is C20H15F3N4OS2. The van der Waals surface area contributed by atoms with Gasteiger partial charge in [-0.1, -0.05) is 23.9 Å². The number of aromatic nitrogens is 2. The molecular weight excluding hydrogens is 433 g/mol. The summed E-state index contributed by atoms with van der Waals surface area (Å²) in [5.74, 6) is -0.616. The van der Waals surface area contributed by atoms with E-state index in [0.29, 0.717) is 5.69 Å². The topological polar surface area (TPSA) is 78.7 Å². The Kier molecular flexibility index (Phi) is 6.43. The summed E-state index contributed by atoms with van der Waals surface area (Å²) < 4.78 is 39.6. The number of amides is 1. The molecule has 0 unspecified atom stereocenters. The van der Waals surface area contributed by atoms with Crippen LogP contribution < -0.4 is 5.32 Å². The standard InChI is InChI=1S/C20H15F3N4OS2/c1-11-6-16(20(21,22)23)15(8-24)19(25-11)30-10-18(28)27-14-5-3-4-13(7-14)17-9-29-12(2)26-17/h3-7,9H,10H2,1-2H3,(H,27,28). The maximum absolute atomic E-state index is 13.2. The van der Waals surface area contributed by atoms with Gasteiger partial charge in [0.25, 0.3) is 0 Å². The number of benzene rings is 1. The van der Waals surface area contributed by atoms with Crippen LogP contribution in [0.4, 0.5) is 18.9 Å². The summed E-state index contributed by atoms with van der Waals surface area (Å²) in [5.41, 5.74) is 0.670. The highest BCUT2D eigenvalue weighted by Crippen LogP contribution is 2.36. The van der Waals surface area contributed by atoms with Crippen molar-refractivity contribution in [1.29, 1.82) is 5.26 Å². The molecule has 0 bridgehead atoms. The van der Waals surface area contributed by atoms with Crippen molar-refractivity contribution in [2.75, 3.05) is 11.1 Å². The number of nitrogens with zero attached hydrogens (tertiary/aromatic N) is 3. The highest BCUT2D eigenvalue weighted by molar-refractivity contribution is 8.00. The Balaban J connectivity index is 1.73. The molecule has 3 aromatic rings. The molecule has 0 atom stereocenters. The van der Waals surface area contributed by atoms with Crippen molar-refractivity contribution in [3.05, 3.63) is 57.5 Å². The molecule has 0 fully saturated rings. The zero-order valence-corrected chi connectivity index (χ0v) is 17.5. The Morgan fingerprint density at radius 3 is 2.67 bits per heavy atom. The number of hydrogen-bond donors (Lipinski definition) is 1. The Bertz CT molecular complexity index is 1140. The molecule has 3 rings (SSSR count). The van der Waals surface area contributed by atoms with Gasteiger partial charge in [0.15, 0.2) is 0 Å². The normalized spacial score (nSPS) is 11.2. The predicted molar refractivity (Wildman–Crippen MR) is 110 cm³/mol. The summed E-state index contributed by atoms with van der Waals surface area (Å²) in [4.78, 5) is 20.7. The second-order valence-electron chi connectivity index (χ2n) is 6.27. The Hall–Kier alpha value is -2.90. The van der Waals surface area contributed by atoms with Gasteiger partial charge in [-0.25, -0.2) is 9.97 Å². The number of anilines is 1. The number of nitrogens with one attached hydrogen (secondary N) is 1. The van der Waals surface area contributed by atoms with Gasteiger partial charge in [-0.2, -0.15) is 18.4 Å². The molecule has 10 heteroatoms. The first-order valence-electron chi connectivity index (χ1n) is 8.61. The lowest BCUT2D eigenvalue weighted by Gasteiger charge is -2.13. The number of pyridine rings is 1. The molecule has 0 saturated heterocycles. The molecule has 0 aliphatic rings. The van der Waals surface area contributed by atoms with Gasteiger partial charge in [-0.05, 0) is 32.0 Å². The maximum atomic E-state index is 13.2. The summed E-state index contributed by atoms with van der Waals surface area (Å²) in [7, 11) is 0. The molecule has 0 saturated carbocycles. The number of alkyl halides is 3. The lowest BCUT2D eigenvalue weighted by molar-refractivity contribution is -0.138. The number of carbonyl (C=O) groups is 1. The van der Waals surface area contributed by atoms with Crippen molar-refractivity contribution >= 4 is 34.7 Å². The molecule has 0 spiro atoms. The summed E-state index contributed by atoms with van der Waals surface area (Å²) in [6.45, 7) is 3.31. The van der Waals surface area contributed by atoms with Gasteiger partial charge in [0.2, 0.25) is 5.91 Å². The van der Waals surface area contributed by atoms with Gasteiger partial charge in [-0.3, -0.25) is 4.79 Å². The van der Waals surface area contributed by atoms with Crippen LogP contribution in [0.2, 0.25) is 0 Å². The van der Waals surface area contributed by atoms with E-state index >= 15 is 0 Å². The fourth-order valence-electron chi connectivity index (χ4n) is 2.66. The van der Waals surface area contributed by atoms with Crippen molar-refractivity contribution in [3.8, 4) is 17.3 Å². The molecule has 1 N–H and O–H groups in total. The third kappa shape index (κ3) is 5.17. The van der Waals surface area contributed by atoms with E-state index in [-0.39, 0.29) is 16.5 Å². The highest BCUT2D eigenvalue weighted by atomic mass is 32.2. The van der Waals surface area contributed by atoms with Crippen molar-refractivity contribution in [2.45, 2.75) is 25.0 Å². The van der Waals surface area contributed by atoms with Crippen LogP contribution in [-0.2, 0) is 11.0 Å². The SMILES string of the molecule is Cc1cc(C(F)(F)F)c(C#N)c(SCC(=O)Nc2cccc(-c3csc(C)n3)c2)n1. The molecule has 2 heterocycles. The van der Waals surface area contributed by atoms with E-state index in [2.05, 4.69) is 15.3 Å². The second kappa shape index (κ2) is 8.85. The average molecular weight is 448 g/mol. The van der Waals surface area contributed by atoms with Crippen LogP contribution in [0.3, 0.4) is 0 Å². The number of carbonyl (C=O) groups excluding carboxylic acids is 1. The van der Waals surface area contributed by atoms with Crippen LogP contribution in [0.5, 0.6) is 0 Å². The molecule has 1 aromatic carbocycles. The van der Waals surface area contributed by atoms with Crippen LogP contribution in [0.1, 0.15) is 21.8 Å². The highest BCUT2D eigenvalue weighted by Gasteiger charge is 2.35. The fourth-order valence-corrected chi connectivity index (χ4v) is 4.13. The van der Waals surface area contributed by atoms with E-state index in [9.17, 15) is 23.2 Å². The van der Waals surface area contributed by atoms with Gasteiger partial charge in [0.05, 0.1) is 27.6 Å². The fraction of sp³-hybridized carbons (Fsp3) is 0.200. The molecule has 2 aromatic heterocycles. The monoisotopic (exact) mass is 448 g/mol. The van der Waals surface area contributed by atoms with E-state index in [1.165, 1.54) is 18.3 Å². The van der Waals surface area contributed by atoms with E-state index in [0.717, 1.165) is 34.1 Å². The second-order valence-corrected chi connectivity index (χ2v) is 8.30. The number of nitriles is 1. The molecule has 0 aliphatic heterocycles. The number of halogens is 3. The minimum absolute atomic E-state index is 0.119. The summed E-state index contributed by atoms with van der Waals surface area (Å²) in [6.07, 6.45) is -4.68. The number of thiazole rings is 1. The van der Waals surface area contributed by atoms with E-state index in [4.69, 9.17) is 0 Å². The Morgan fingerprint density at radius 1 is 1.27 bits per heavy atom. The zero-order valence-electron chi connectivity index (χ0n) is 15.9. The zero-order chi connectivity index (χ0) is 21.9. The van der Waals surface area contributed by atoms with Crippen molar-refractivity contribution in [3.63, 3.8) is 0 Å². The first kappa shape index (κ1) is 21.8. The summed E-state index contributed by atoms with van der Waals surface area (Å²) in [5, 5.41) is 14.6. The van der Waals surface area contributed by atoms with Crippen molar-refractivity contribution < 1.29 is 18.0 Å². The molecule has 0 aliphatic carbocycles. The molecule has 0 radical (unpaired) electrons. The van der Waals surface area contributed by atoms with Gasteiger partial charge in [0, 0.05) is 22.3 Å². The molecule has 5 nitrogen and oxygen atoms in total. The predicted octanol–water partition coefficient (Wildman–Crippen LogP) is 5.44. The number of hydrogen-bond acceptors (Lipinski definition) is 6. The minimum Gasteiger partial charge on any atom is -0.325 e. The van der Waals surface area contributed by atoms with Crippen LogP contribution in [0, 0.1) is 25.2 Å². The Labute approximate surface area is 179 Å². The van der Waals surface area contributed by atoms with E-state index in [1.54, 1.807) is 24.3 Å². The molecule has 30 heavy (non-hydrogen) atoms. The summed E-state index contributed by atoms with van der Waals surface area (Å²) in [6, 6.07) is 9.51. The van der Waals surface area contributed by atoms with Gasteiger partial charge in [-0.15, -0.1) is 11.3 Å². The molecule has 1 amide bonds. The van der Waals surface area contributed by atoms with Crippen molar-refractivity contribution in [1.82, 2.24) is 9.97 Å². The van der Waals surface area contributed by atoms with Gasteiger partial charge >= 0.3 is 6.18 Å². The third-order valence-electron chi connectivity index (χ3n) is 3.93. The molecule has 154 valence electrons. The van der Waals surface area contributed by atoms with E-state index in [1.807, 2.05) is 18.4 Å². The first-order chi connectivity index (χ1) is 14.2. The van der Waals surface area contributed by atoms with E-state index < -0.39 is 23.2 Å². The third-order valence-corrected chi connectivity index (χ3v) is 5.68. The maximum Gasteiger partial charge on any atom is 0.417 e. The Morgan fingerprint density at radius 2 is 2.03 bits per heavy atom. The summed E-state index contributed by atoms with van der Waals surface area (Å²) >= 11 is 2.31. The first-order valence-corrected chi connectivity index (χ1v) is 10.5. The largest absolute Gasteiger partial charge is 0.417 e. The van der Waals surface area contributed by atoms with Crippen molar-refractivity contribution in [2.24, 2.45) is 0 Å².